The van der Waals surface area contributed by atoms with Gasteiger partial charge in [-0.3, -0.25) is 4.55 Å². The summed E-state index contributed by atoms with van der Waals surface area (Å²) in [5, 5.41) is 12.2. The molecule has 0 radical (unpaired) electrons. The number of anilines is 1. The van der Waals surface area contributed by atoms with Crippen molar-refractivity contribution in [2.45, 2.75) is 13.0 Å². The van der Waals surface area contributed by atoms with Gasteiger partial charge in [-0.2, -0.15) is 8.42 Å². The number of hydrogen-bond acceptors (Lipinski definition) is 4. The number of aliphatic hydroxyl groups is 1. The molecule has 0 aromatic heterocycles. The van der Waals surface area contributed by atoms with E-state index in [1.54, 1.807) is 0 Å². The van der Waals surface area contributed by atoms with Gasteiger partial charge in [-0.1, -0.05) is 12.1 Å². The molecule has 0 fully saturated rings. The van der Waals surface area contributed by atoms with Crippen LogP contribution in [0.2, 0.25) is 0 Å². The Kier molecular flexibility index (Phi) is 13.3. The number of benzene rings is 1. The first-order valence-corrected chi connectivity index (χ1v) is 6.41. The van der Waals surface area contributed by atoms with Crippen molar-refractivity contribution >= 4 is 45.4 Å². The van der Waals surface area contributed by atoms with Gasteiger partial charge in [0.05, 0.1) is 6.10 Å². The molecular weight excluding hydrogens is 285 g/mol. The van der Waals surface area contributed by atoms with Gasteiger partial charge in [-0.25, -0.2) is 0 Å². The molecule has 1 atom stereocenters. The second kappa shape index (κ2) is 10.6. The van der Waals surface area contributed by atoms with Crippen molar-refractivity contribution in [3.63, 3.8) is 0 Å². The zero-order chi connectivity index (χ0) is 12.2. The van der Waals surface area contributed by atoms with E-state index in [-0.39, 0.29) is 47.1 Å². The summed E-state index contributed by atoms with van der Waals surface area (Å²) in [4.78, 5) is 0. The SMILES string of the molecule is Cc1cccc(NCC(O)CS(=O)(=O)O)c1.O.O.[NaH]. The second-order valence-electron chi connectivity index (χ2n) is 3.65. The Morgan fingerprint density at radius 3 is 2.37 bits per heavy atom. The molecule has 7 N–H and O–H groups in total. The number of aryl methyl sites for hydroxylation is 1. The van der Waals surface area contributed by atoms with Crippen LogP contribution < -0.4 is 5.32 Å². The fourth-order valence-corrected chi connectivity index (χ4v) is 1.90. The van der Waals surface area contributed by atoms with Gasteiger partial charge in [-0.05, 0) is 24.6 Å². The molecule has 1 rings (SSSR count). The Morgan fingerprint density at radius 1 is 1.32 bits per heavy atom. The Morgan fingerprint density at radius 2 is 1.89 bits per heavy atom. The molecule has 108 valence electrons. The van der Waals surface area contributed by atoms with E-state index in [9.17, 15) is 13.5 Å². The van der Waals surface area contributed by atoms with Crippen molar-refractivity contribution in [3.05, 3.63) is 29.8 Å². The van der Waals surface area contributed by atoms with Gasteiger partial charge in [-0.15, -0.1) is 0 Å². The number of hydrogen-bond donors (Lipinski definition) is 3. The van der Waals surface area contributed by atoms with E-state index >= 15 is 0 Å². The van der Waals surface area contributed by atoms with Crippen LogP contribution in [-0.4, -0.2) is 77.0 Å². The number of rotatable bonds is 5. The van der Waals surface area contributed by atoms with E-state index in [0.29, 0.717) is 0 Å². The van der Waals surface area contributed by atoms with Crippen LogP contribution in [0.25, 0.3) is 0 Å². The molecule has 19 heavy (non-hydrogen) atoms. The molecule has 0 heterocycles. The molecule has 0 aliphatic rings. The Labute approximate surface area is 134 Å². The summed E-state index contributed by atoms with van der Waals surface area (Å²) < 4.78 is 29.5. The van der Waals surface area contributed by atoms with Crippen molar-refractivity contribution in [1.29, 1.82) is 0 Å². The zero-order valence-electron chi connectivity index (χ0n) is 9.92. The van der Waals surface area contributed by atoms with Crippen molar-refractivity contribution in [3.8, 4) is 0 Å². The summed E-state index contributed by atoms with van der Waals surface area (Å²) >= 11 is 0. The molecule has 0 saturated heterocycles. The fraction of sp³-hybridized carbons (Fsp3) is 0.400. The summed E-state index contributed by atoms with van der Waals surface area (Å²) in [7, 11) is -4.13. The first-order chi connectivity index (χ1) is 7.37. The van der Waals surface area contributed by atoms with Crippen LogP contribution in [0.5, 0.6) is 0 Å². The maximum atomic E-state index is 10.5. The van der Waals surface area contributed by atoms with Gasteiger partial charge in [0.15, 0.2) is 0 Å². The molecule has 0 bridgehead atoms. The van der Waals surface area contributed by atoms with Crippen LogP contribution in [-0.2, 0) is 10.1 Å². The fourth-order valence-electron chi connectivity index (χ4n) is 1.29. The molecule has 0 aliphatic carbocycles. The molecule has 9 heteroatoms. The van der Waals surface area contributed by atoms with Gasteiger partial charge in [0, 0.05) is 12.2 Å². The third-order valence-corrected chi connectivity index (χ3v) is 2.77. The minimum atomic E-state index is -4.13. The standard InChI is InChI=1S/C10H15NO4S.Na.2H2O.H/c1-8-3-2-4-9(5-8)11-6-10(12)7-16(13,14)15;;;;/h2-5,10-12H,6-7H2,1H3,(H,13,14,15);;2*1H2;. The Hall–Kier alpha value is -0.190. The molecule has 0 aliphatic heterocycles. The molecular formula is C10H20NNaO6S. The zero-order valence-corrected chi connectivity index (χ0v) is 10.7. The van der Waals surface area contributed by atoms with Crippen LogP contribution in [0.15, 0.2) is 24.3 Å². The average Bonchev–Trinajstić information content (AvgIpc) is 2.12. The van der Waals surface area contributed by atoms with Gasteiger partial charge >= 0.3 is 29.6 Å². The predicted molar refractivity (Wildman–Crippen MR) is 76.5 cm³/mol. The summed E-state index contributed by atoms with van der Waals surface area (Å²) in [6.45, 7) is 2.00. The Bertz CT molecular complexity index is 453. The van der Waals surface area contributed by atoms with Crippen LogP contribution in [0.4, 0.5) is 5.69 Å². The van der Waals surface area contributed by atoms with E-state index in [2.05, 4.69) is 5.32 Å². The predicted octanol–water partition coefficient (Wildman–Crippen LogP) is -1.64. The third-order valence-electron chi connectivity index (χ3n) is 1.96. The summed E-state index contributed by atoms with van der Waals surface area (Å²) in [6.07, 6.45) is -1.13. The van der Waals surface area contributed by atoms with Crippen molar-refractivity contribution in [2.75, 3.05) is 17.6 Å². The maximum absolute atomic E-state index is 10.5. The van der Waals surface area contributed by atoms with Gasteiger partial charge < -0.3 is 21.4 Å². The van der Waals surface area contributed by atoms with Gasteiger partial charge in [0.25, 0.3) is 10.1 Å². The van der Waals surface area contributed by atoms with Crippen LogP contribution in [0.3, 0.4) is 0 Å². The van der Waals surface area contributed by atoms with E-state index in [1.807, 2.05) is 31.2 Å². The molecule has 0 spiro atoms. The first kappa shape index (κ1) is 23.9. The van der Waals surface area contributed by atoms with Gasteiger partial charge in [0.1, 0.15) is 5.75 Å². The van der Waals surface area contributed by atoms with E-state index in [1.165, 1.54) is 0 Å². The average molecular weight is 305 g/mol. The monoisotopic (exact) mass is 305 g/mol. The van der Waals surface area contributed by atoms with Gasteiger partial charge in [0.2, 0.25) is 0 Å². The van der Waals surface area contributed by atoms with Crippen LogP contribution in [0.1, 0.15) is 5.56 Å². The summed E-state index contributed by atoms with van der Waals surface area (Å²) in [5.41, 5.74) is 1.86. The number of nitrogens with one attached hydrogen (secondary N) is 1. The molecule has 0 amide bonds. The van der Waals surface area contributed by atoms with E-state index in [4.69, 9.17) is 4.55 Å². The third kappa shape index (κ3) is 11.3. The topological polar surface area (TPSA) is 150 Å². The molecule has 1 aromatic rings. The Balaban J connectivity index is -0.000000853. The first-order valence-electron chi connectivity index (χ1n) is 4.80. The molecule has 1 aromatic carbocycles. The molecule has 1 unspecified atom stereocenters. The van der Waals surface area contributed by atoms with E-state index < -0.39 is 22.0 Å². The second-order valence-corrected chi connectivity index (χ2v) is 5.15. The summed E-state index contributed by atoms with van der Waals surface area (Å²) in [6, 6.07) is 7.47. The van der Waals surface area contributed by atoms with Crippen LogP contribution >= 0.6 is 0 Å². The van der Waals surface area contributed by atoms with E-state index in [0.717, 1.165) is 11.3 Å². The minimum absolute atomic E-state index is 0. The molecule has 7 nitrogen and oxygen atoms in total. The normalized spacial score (nSPS) is 11.3. The van der Waals surface area contributed by atoms with Crippen molar-refractivity contribution in [1.82, 2.24) is 0 Å². The number of aliphatic hydroxyl groups excluding tert-OH is 1. The molecule has 0 saturated carbocycles. The van der Waals surface area contributed by atoms with Crippen molar-refractivity contribution < 1.29 is 29.0 Å². The quantitative estimate of drug-likeness (QED) is 0.440. The van der Waals surface area contributed by atoms with Crippen molar-refractivity contribution in [2.24, 2.45) is 0 Å². The summed E-state index contributed by atoms with van der Waals surface area (Å²) in [5.74, 6) is -0.661. The van der Waals surface area contributed by atoms with Crippen LogP contribution in [0, 0.1) is 6.92 Å².